The maximum Gasteiger partial charge on any atom is 0.233 e. The molecule has 54 heavy (non-hydrogen) atoms. The van der Waals surface area contributed by atoms with Gasteiger partial charge in [0.05, 0.1) is 23.7 Å². The Balaban J connectivity index is 1.23. The Bertz CT molecular complexity index is 1080. The van der Waals surface area contributed by atoms with Crippen LogP contribution >= 0.6 is 0 Å². The fraction of sp³-hybridized carbons (Fsp3) is 0.917. The monoisotopic (exact) mass is 753 g/mol. The molecule has 4 fully saturated rings. The Hall–Kier alpha value is -1.72. The van der Waals surface area contributed by atoms with Crippen LogP contribution in [0.25, 0.3) is 0 Å². The molecule has 6 nitrogen and oxygen atoms in total. The summed E-state index contributed by atoms with van der Waals surface area (Å²) < 4.78 is 0. The van der Waals surface area contributed by atoms with Crippen molar-refractivity contribution in [2.75, 3.05) is 13.6 Å². The van der Waals surface area contributed by atoms with Crippen molar-refractivity contribution < 1.29 is 19.2 Å². The predicted octanol–water partition coefficient (Wildman–Crippen LogP) is 12.5. The van der Waals surface area contributed by atoms with Gasteiger partial charge in [0.1, 0.15) is 0 Å². The third-order valence-electron chi connectivity index (χ3n) is 14.8. The molecule has 2 aliphatic heterocycles. The topological polar surface area (TPSA) is 74.8 Å². The van der Waals surface area contributed by atoms with Gasteiger partial charge in [-0.2, -0.15) is 0 Å². The minimum atomic E-state index is -0.424. The first-order chi connectivity index (χ1) is 26.3. The standard InChI is InChI=1S/C48H84N2O4/c1-5-8-11-14-16-19-24-29-38-33-32-37(28-23-13-10-7-3)39(30-25-20-15-12-9-6-2)40(38)31-26-21-17-18-22-27-34-50-47(53)43-35-41-42(36-44(43)48(50)54)46(52)49(4)45(41)51/h37-44H,5-36H2,1-4H3. The molecule has 2 saturated carbocycles. The summed E-state index contributed by atoms with van der Waals surface area (Å²) in [6.45, 7) is 7.47. The van der Waals surface area contributed by atoms with Crippen LogP contribution in [0.4, 0.5) is 0 Å². The van der Waals surface area contributed by atoms with Crippen LogP contribution in [0.15, 0.2) is 0 Å². The second-order valence-corrected chi connectivity index (χ2v) is 18.6. The molecule has 2 aliphatic carbocycles. The average molecular weight is 753 g/mol. The molecule has 4 rings (SSSR count). The molecule has 6 heteroatoms. The highest BCUT2D eigenvalue weighted by atomic mass is 16.2. The second kappa shape index (κ2) is 24.8. The van der Waals surface area contributed by atoms with E-state index in [4.69, 9.17) is 0 Å². The van der Waals surface area contributed by atoms with Gasteiger partial charge in [-0.1, -0.05) is 175 Å². The van der Waals surface area contributed by atoms with Crippen molar-refractivity contribution in [2.24, 2.45) is 47.3 Å². The van der Waals surface area contributed by atoms with Crippen molar-refractivity contribution in [3.8, 4) is 0 Å². The molecule has 0 spiro atoms. The molecule has 0 aromatic carbocycles. The molecule has 2 saturated heterocycles. The van der Waals surface area contributed by atoms with Gasteiger partial charge in [-0.15, -0.1) is 0 Å². The van der Waals surface area contributed by atoms with Gasteiger partial charge in [-0.05, 0) is 68.6 Å². The Morgan fingerprint density at radius 1 is 0.407 bits per heavy atom. The molecule has 8 atom stereocenters. The number of hydrogen-bond acceptors (Lipinski definition) is 4. The van der Waals surface area contributed by atoms with Gasteiger partial charge in [0.15, 0.2) is 0 Å². The van der Waals surface area contributed by atoms with E-state index in [2.05, 4.69) is 20.8 Å². The third kappa shape index (κ3) is 12.9. The number of carbonyl (C=O) groups excluding carboxylic acids is 4. The number of unbranched alkanes of at least 4 members (excludes halogenated alkanes) is 19. The van der Waals surface area contributed by atoms with Crippen molar-refractivity contribution in [1.82, 2.24) is 9.80 Å². The Kier molecular flexibility index (Phi) is 20.7. The highest BCUT2D eigenvalue weighted by Gasteiger charge is 2.58. The molecular formula is C48H84N2O4. The molecular weight excluding hydrogens is 669 g/mol. The van der Waals surface area contributed by atoms with Crippen LogP contribution < -0.4 is 0 Å². The minimum Gasteiger partial charge on any atom is -0.285 e. The van der Waals surface area contributed by atoms with Gasteiger partial charge in [0.25, 0.3) is 0 Å². The lowest BCUT2D eigenvalue weighted by Gasteiger charge is -2.44. The van der Waals surface area contributed by atoms with E-state index in [0.717, 1.165) is 42.9 Å². The molecule has 0 N–H and O–H groups in total. The van der Waals surface area contributed by atoms with Crippen LogP contribution in [0.2, 0.25) is 0 Å². The van der Waals surface area contributed by atoms with Crippen LogP contribution in [0.1, 0.15) is 220 Å². The summed E-state index contributed by atoms with van der Waals surface area (Å²) in [6.07, 6.45) is 40.4. The summed E-state index contributed by atoms with van der Waals surface area (Å²) in [5, 5.41) is 0. The lowest BCUT2D eigenvalue weighted by atomic mass is 9.61. The molecule has 0 bridgehead atoms. The summed E-state index contributed by atoms with van der Waals surface area (Å²) >= 11 is 0. The van der Waals surface area contributed by atoms with E-state index < -0.39 is 23.7 Å². The lowest BCUT2D eigenvalue weighted by molar-refractivity contribution is -0.140. The highest BCUT2D eigenvalue weighted by molar-refractivity contribution is 6.09. The number of nitrogens with zero attached hydrogens (tertiary/aromatic N) is 2. The van der Waals surface area contributed by atoms with E-state index in [0.29, 0.717) is 19.4 Å². The summed E-state index contributed by atoms with van der Waals surface area (Å²) in [4.78, 5) is 54.4. The van der Waals surface area contributed by atoms with Crippen molar-refractivity contribution in [1.29, 1.82) is 0 Å². The highest BCUT2D eigenvalue weighted by Crippen LogP contribution is 2.49. The molecule has 0 radical (unpaired) electrons. The molecule has 310 valence electrons. The normalized spacial score (nSPS) is 28.4. The second-order valence-electron chi connectivity index (χ2n) is 18.6. The van der Waals surface area contributed by atoms with Crippen molar-refractivity contribution >= 4 is 23.6 Å². The quantitative estimate of drug-likeness (QED) is 0.0563. The van der Waals surface area contributed by atoms with Crippen molar-refractivity contribution in [2.45, 2.75) is 220 Å². The van der Waals surface area contributed by atoms with Crippen LogP contribution in [0, 0.1) is 47.3 Å². The first kappa shape index (κ1) is 45.0. The van der Waals surface area contributed by atoms with Gasteiger partial charge in [-0.25, -0.2) is 0 Å². The van der Waals surface area contributed by atoms with Crippen LogP contribution in [-0.2, 0) is 19.2 Å². The third-order valence-corrected chi connectivity index (χ3v) is 14.8. The molecule has 4 aliphatic rings. The summed E-state index contributed by atoms with van der Waals surface area (Å²) in [6, 6.07) is 0. The number of carbonyl (C=O) groups is 4. The maximum absolute atomic E-state index is 13.3. The van der Waals surface area contributed by atoms with Crippen LogP contribution in [0.3, 0.4) is 0 Å². The zero-order valence-corrected chi connectivity index (χ0v) is 35.8. The van der Waals surface area contributed by atoms with E-state index >= 15 is 0 Å². The van der Waals surface area contributed by atoms with Gasteiger partial charge in [0.2, 0.25) is 23.6 Å². The maximum atomic E-state index is 13.3. The SMILES string of the molecule is CCCCCCCCCC1CCC(CCCCCC)C(CCCCCCCC)C1CCCCCCCCN1C(=O)C2CC3C(=O)N(C)C(=O)C3CC2C1=O. The largest absolute Gasteiger partial charge is 0.285 e. The van der Waals surface area contributed by atoms with E-state index in [9.17, 15) is 19.2 Å². The van der Waals surface area contributed by atoms with Gasteiger partial charge in [-0.3, -0.25) is 29.0 Å². The summed E-state index contributed by atoms with van der Waals surface area (Å²) in [5.74, 6) is 1.52. The van der Waals surface area contributed by atoms with E-state index in [1.807, 2.05) is 0 Å². The predicted molar refractivity (Wildman–Crippen MR) is 223 cm³/mol. The van der Waals surface area contributed by atoms with Gasteiger partial charge >= 0.3 is 0 Å². The zero-order valence-electron chi connectivity index (χ0n) is 35.8. The Morgan fingerprint density at radius 3 is 1.13 bits per heavy atom. The zero-order chi connectivity index (χ0) is 38.7. The van der Waals surface area contributed by atoms with Crippen LogP contribution in [0.5, 0.6) is 0 Å². The average Bonchev–Trinajstić information content (AvgIpc) is 3.54. The lowest BCUT2D eigenvalue weighted by Crippen LogP contribution is -2.35. The Labute approximate surface area is 332 Å². The molecule has 0 aromatic heterocycles. The smallest absolute Gasteiger partial charge is 0.233 e. The van der Waals surface area contributed by atoms with E-state index in [-0.39, 0.29) is 23.6 Å². The summed E-state index contributed by atoms with van der Waals surface area (Å²) in [5.41, 5.74) is 0. The minimum absolute atomic E-state index is 0.101. The summed E-state index contributed by atoms with van der Waals surface area (Å²) in [7, 11) is 1.53. The fourth-order valence-electron chi connectivity index (χ4n) is 11.5. The molecule has 0 aromatic rings. The van der Waals surface area contributed by atoms with E-state index in [1.54, 1.807) is 0 Å². The number of hydrogen-bond donors (Lipinski definition) is 0. The molecule has 4 amide bonds. The van der Waals surface area contributed by atoms with Gasteiger partial charge in [0, 0.05) is 13.6 Å². The van der Waals surface area contributed by atoms with E-state index in [1.165, 1.54) is 184 Å². The molecule has 2 heterocycles. The number of amides is 4. The van der Waals surface area contributed by atoms with Crippen molar-refractivity contribution in [3.05, 3.63) is 0 Å². The van der Waals surface area contributed by atoms with Crippen molar-refractivity contribution in [3.63, 3.8) is 0 Å². The molecule has 8 unspecified atom stereocenters. The van der Waals surface area contributed by atoms with Crippen LogP contribution in [-0.4, -0.2) is 47.0 Å². The number of likely N-dealkylation sites (tertiary alicyclic amines) is 2. The number of fused-ring (bicyclic) bond motifs is 2. The first-order valence-corrected chi connectivity index (χ1v) is 24.0. The number of imide groups is 2. The first-order valence-electron chi connectivity index (χ1n) is 24.0. The Morgan fingerprint density at radius 2 is 0.722 bits per heavy atom. The fourth-order valence-corrected chi connectivity index (χ4v) is 11.5. The number of rotatable bonds is 29. The van der Waals surface area contributed by atoms with Gasteiger partial charge < -0.3 is 0 Å².